The van der Waals surface area contributed by atoms with Gasteiger partial charge in [0.1, 0.15) is 5.60 Å². The first-order valence-electron chi connectivity index (χ1n) is 15.0. The lowest BCUT2D eigenvalue weighted by atomic mass is 9.80. The van der Waals surface area contributed by atoms with Crippen molar-refractivity contribution >= 4 is 16.8 Å². The molecular formula is C38H39NO4. The van der Waals surface area contributed by atoms with Crippen molar-refractivity contribution in [2.24, 2.45) is 5.41 Å². The molecule has 2 atom stereocenters. The summed E-state index contributed by atoms with van der Waals surface area (Å²) in [6.07, 6.45) is 2.45. The van der Waals surface area contributed by atoms with Crippen LogP contribution < -0.4 is 0 Å². The molecule has 1 heterocycles. The van der Waals surface area contributed by atoms with Gasteiger partial charge >= 0.3 is 0 Å². The van der Waals surface area contributed by atoms with Crippen LogP contribution in [0.25, 0.3) is 10.9 Å². The lowest BCUT2D eigenvalue weighted by Gasteiger charge is -2.36. The standard InChI is InChI=1S/C38H39NO4/c1-37(2,3)36(42)39-20-19-26-21-29(33-27(23-40)22-28(24-41)34(33)35(26)39)25-43-38(30-13-7-4-8-14-30,31-15-9-5-10-16-31)32-17-11-6-12-18-32/h4-21,27-28,40-41H,22-25H2,1-3H3/t27-,28+/m0/s1. The second-order valence-electron chi connectivity index (χ2n) is 12.6. The summed E-state index contributed by atoms with van der Waals surface area (Å²) in [6.45, 7) is 5.92. The molecule has 5 nitrogen and oxygen atoms in total. The molecule has 0 fully saturated rings. The monoisotopic (exact) mass is 573 g/mol. The molecule has 0 radical (unpaired) electrons. The summed E-state index contributed by atoms with van der Waals surface area (Å²) >= 11 is 0. The van der Waals surface area contributed by atoms with E-state index in [9.17, 15) is 15.0 Å². The number of carbonyl (C=O) groups excluding carboxylic acids is 1. The van der Waals surface area contributed by atoms with Crippen LogP contribution in [0.2, 0.25) is 0 Å². The zero-order chi connectivity index (χ0) is 30.2. The van der Waals surface area contributed by atoms with Crippen LogP contribution in [0.3, 0.4) is 0 Å². The smallest absolute Gasteiger partial charge is 0.236 e. The fraction of sp³-hybridized carbons (Fsp3) is 0.289. The predicted octanol–water partition coefficient (Wildman–Crippen LogP) is 7.39. The van der Waals surface area contributed by atoms with Crippen LogP contribution in [0.5, 0.6) is 0 Å². The highest BCUT2D eigenvalue weighted by Crippen LogP contribution is 2.49. The number of aliphatic hydroxyl groups is 2. The summed E-state index contributed by atoms with van der Waals surface area (Å²) in [5.74, 6) is -0.352. The minimum atomic E-state index is -0.899. The van der Waals surface area contributed by atoms with E-state index in [4.69, 9.17) is 4.74 Å². The number of aromatic nitrogens is 1. The van der Waals surface area contributed by atoms with E-state index in [2.05, 4.69) is 42.5 Å². The van der Waals surface area contributed by atoms with Crippen LogP contribution >= 0.6 is 0 Å². The fourth-order valence-electron chi connectivity index (χ4n) is 6.83. The Bertz CT molecular complexity index is 1620. The number of nitrogens with zero attached hydrogens (tertiary/aromatic N) is 1. The lowest BCUT2D eigenvalue weighted by Crippen LogP contribution is -2.33. The van der Waals surface area contributed by atoms with Crippen molar-refractivity contribution < 1.29 is 19.7 Å². The van der Waals surface area contributed by atoms with Crippen LogP contribution in [0.15, 0.2) is 109 Å². The first kappa shape index (κ1) is 29.1. The van der Waals surface area contributed by atoms with Crippen molar-refractivity contribution in [3.05, 3.63) is 143 Å². The normalized spacial score (nSPS) is 16.9. The maximum atomic E-state index is 13.5. The molecule has 1 aliphatic carbocycles. The number of benzene rings is 4. The van der Waals surface area contributed by atoms with E-state index in [0.717, 1.165) is 44.3 Å². The Labute approximate surface area is 253 Å². The number of rotatable bonds is 8. The molecule has 1 aromatic heterocycles. The molecule has 4 aromatic carbocycles. The molecule has 0 saturated carbocycles. The predicted molar refractivity (Wildman–Crippen MR) is 170 cm³/mol. The van der Waals surface area contributed by atoms with E-state index in [1.54, 1.807) is 4.57 Å². The van der Waals surface area contributed by atoms with E-state index in [-0.39, 0.29) is 37.6 Å². The summed E-state index contributed by atoms with van der Waals surface area (Å²) < 4.78 is 8.94. The Morgan fingerprint density at radius 1 is 0.767 bits per heavy atom. The molecule has 43 heavy (non-hydrogen) atoms. The molecule has 6 rings (SSSR count). The zero-order valence-electron chi connectivity index (χ0n) is 25.0. The van der Waals surface area contributed by atoms with Crippen molar-refractivity contribution in [3.8, 4) is 0 Å². The minimum absolute atomic E-state index is 0.00547. The van der Waals surface area contributed by atoms with Crippen molar-refractivity contribution in [2.75, 3.05) is 13.2 Å². The number of ether oxygens (including phenoxy) is 1. The molecule has 0 saturated heterocycles. The van der Waals surface area contributed by atoms with Gasteiger partial charge in [-0.3, -0.25) is 9.36 Å². The molecule has 0 spiro atoms. The van der Waals surface area contributed by atoms with Gasteiger partial charge in [0, 0.05) is 35.4 Å². The van der Waals surface area contributed by atoms with Crippen LogP contribution in [0.4, 0.5) is 0 Å². The van der Waals surface area contributed by atoms with Gasteiger partial charge in [0.25, 0.3) is 0 Å². The van der Waals surface area contributed by atoms with E-state index in [0.29, 0.717) is 6.42 Å². The molecule has 0 bridgehead atoms. The van der Waals surface area contributed by atoms with Gasteiger partial charge in [0.05, 0.1) is 18.7 Å². The molecule has 5 aromatic rings. The van der Waals surface area contributed by atoms with Crippen LogP contribution in [-0.2, 0) is 16.9 Å². The average molecular weight is 574 g/mol. The highest BCUT2D eigenvalue weighted by atomic mass is 16.5. The molecule has 2 N–H and O–H groups in total. The van der Waals surface area contributed by atoms with Crippen molar-refractivity contribution in [2.45, 2.75) is 51.2 Å². The number of hydrogen-bond donors (Lipinski definition) is 2. The van der Waals surface area contributed by atoms with E-state index >= 15 is 0 Å². The summed E-state index contributed by atoms with van der Waals surface area (Å²) in [5.41, 5.74) is 5.29. The van der Waals surface area contributed by atoms with Crippen LogP contribution in [0.1, 0.15) is 77.2 Å². The molecule has 0 amide bonds. The molecule has 5 heteroatoms. The topological polar surface area (TPSA) is 71.7 Å². The molecular weight excluding hydrogens is 534 g/mol. The van der Waals surface area contributed by atoms with Gasteiger partial charge in [-0.25, -0.2) is 0 Å². The Kier molecular flexibility index (Phi) is 7.82. The maximum Gasteiger partial charge on any atom is 0.236 e. The summed E-state index contributed by atoms with van der Waals surface area (Å²) in [5, 5.41) is 22.0. The number of carbonyl (C=O) groups is 1. The Hall–Kier alpha value is -4.03. The van der Waals surface area contributed by atoms with E-state index < -0.39 is 11.0 Å². The summed E-state index contributed by atoms with van der Waals surface area (Å²) in [7, 11) is 0. The zero-order valence-corrected chi connectivity index (χ0v) is 25.0. The van der Waals surface area contributed by atoms with Crippen LogP contribution in [-0.4, -0.2) is 33.9 Å². The van der Waals surface area contributed by atoms with Gasteiger partial charge in [0.15, 0.2) is 0 Å². The third kappa shape index (κ3) is 5.02. The van der Waals surface area contributed by atoms with Gasteiger partial charge < -0.3 is 14.9 Å². The largest absolute Gasteiger partial charge is 0.396 e. The first-order valence-corrected chi connectivity index (χ1v) is 15.0. The van der Waals surface area contributed by atoms with Gasteiger partial charge in [0.2, 0.25) is 5.91 Å². The van der Waals surface area contributed by atoms with E-state index in [1.807, 2.05) is 87.6 Å². The number of aliphatic hydroxyl groups excluding tert-OH is 2. The Morgan fingerprint density at radius 2 is 1.26 bits per heavy atom. The van der Waals surface area contributed by atoms with Gasteiger partial charge in [-0.15, -0.1) is 0 Å². The van der Waals surface area contributed by atoms with Gasteiger partial charge in [-0.1, -0.05) is 112 Å². The van der Waals surface area contributed by atoms with E-state index in [1.165, 1.54) is 0 Å². The SMILES string of the molecule is CC(C)(C)C(=O)n1ccc2cc(COC(c3ccccc3)(c3ccccc3)c3ccccc3)c3c(c21)[C@@H](CO)C[C@H]3CO. The van der Waals surface area contributed by atoms with Crippen molar-refractivity contribution in [3.63, 3.8) is 0 Å². The first-order chi connectivity index (χ1) is 20.8. The molecule has 220 valence electrons. The molecule has 0 unspecified atom stereocenters. The average Bonchev–Trinajstić information content (AvgIpc) is 3.63. The maximum absolute atomic E-state index is 13.5. The summed E-state index contributed by atoms with van der Waals surface area (Å²) in [4.78, 5) is 13.5. The van der Waals surface area contributed by atoms with Crippen LogP contribution in [0, 0.1) is 5.41 Å². The highest BCUT2D eigenvalue weighted by Gasteiger charge is 2.40. The molecule has 1 aliphatic rings. The minimum Gasteiger partial charge on any atom is -0.396 e. The second-order valence-corrected chi connectivity index (χ2v) is 12.6. The lowest BCUT2D eigenvalue weighted by molar-refractivity contribution is -0.000196. The van der Waals surface area contributed by atoms with Gasteiger partial charge in [-0.2, -0.15) is 0 Å². The second kappa shape index (κ2) is 11.6. The number of fused-ring (bicyclic) bond motifs is 3. The number of hydrogen-bond acceptors (Lipinski definition) is 4. The van der Waals surface area contributed by atoms with Crippen molar-refractivity contribution in [1.29, 1.82) is 0 Å². The molecule has 0 aliphatic heterocycles. The Morgan fingerprint density at radius 3 is 1.72 bits per heavy atom. The third-order valence-electron chi connectivity index (χ3n) is 8.81. The Balaban J connectivity index is 1.55. The quantitative estimate of drug-likeness (QED) is 0.190. The fourth-order valence-corrected chi connectivity index (χ4v) is 6.83. The third-order valence-corrected chi connectivity index (χ3v) is 8.81. The van der Waals surface area contributed by atoms with Crippen molar-refractivity contribution in [1.82, 2.24) is 4.57 Å². The van der Waals surface area contributed by atoms with Gasteiger partial charge in [-0.05, 0) is 51.9 Å². The highest BCUT2D eigenvalue weighted by molar-refractivity contribution is 5.98. The summed E-state index contributed by atoms with van der Waals surface area (Å²) in [6, 6.07) is 34.9.